The zero-order valence-corrected chi connectivity index (χ0v) is 5.66. The topological polar surface area (TPSA) is 0 Å². The van der Waals surface area contributed by atoms with Crippen LogP contribution in [0.25, 0.3) is 0 Å². The molecule has 0 saturated carbocycles. The summed E-state index contributed by atoms with van der Waals surface area (Å²) in [7, 11) is 0. The summed E-state index contributed by atoms with van der Waals surface area (Å²) < 4.78 is 0. The number of hydrogen-bond donors (Lipinski definition) is 0. The number of hydrogen-bond acceptors (Lipinski definition) is 0. The van der Waals surface area contributed by atoms with Gasteiger partial charge in [0.25, 0.3) is 0 Å². The van der Waals surface area contributed by atoms with Gasteiger partial charge < -0.3 is 0 Å². The molecule has 6 heavy (non-hydrogen) atoms. The average Bonchev–Trinajstić information content (AvgIpc) is 0. The molecular formula is H9AlCuFeMgSiZr. The Balaban J connectivity index is 0. The van der Waals surface area contributed by atoms with Crippen molar-refractivity contribution in [1.29, 1.82) is 0 Å². The van der Waals surface area contributed by atoms with Gasteiger partial charge >= 0.3 is 23.1 Å². The van der Waals surface area contributed by atoms with Gasteiger partial charge in [-0.15, -0.1) is 0 Å². The molecule has 0 aromatic carbocycles. The summed E-state index contributed by atoms with van der Waals surface area (Å²) in [6.45, 7) is 0. The van der Waals surface area contributed by atoms with Crippen LogP contribution in [-0.4, -0.2) is 51.4 Å². The first kappa shape index (κ1) is 56.9. The Labute approximate surface area is 110 Å². The molecule has 0 amide bonds. The van der Waals surface area contributed by atoms with E-state index >= 15 is 0 Å². The van der Waals surface area contributed by atoms with Gasteiger partial charge in [0.05, 0.1) is 0 Å². The van der Waals surface area contributed by atoms with Crippen molar-refractivity contribution < 1.29 is 60.3 Å². The Kier molecular flexibility index (Phi) is 374. The molecule has 0 aromatic heterocycles. The van der Waals surface area contributed by atoms with E-state index in [2.05, 4.69) is 0 Å². The molecule has 0 aliphatic heterocycles. The molecule has 0 spiro atoms. The van der Waals surface area contributed by atoms with Crippen molar-refractivity contribution in [3.8, 4) is 0 Å². The molecule has 0 aliphatic rings. The first-order chi connectivity index (χ1) is 0. The van der Waals surface area contributed by atoms with Gasteiger partial charge in [0.1, 0.15) is 0 Å². The molecule has 41 valence electrons. The van der Waals surface area contributed by atoms with Crippen molar-refractivity contribution in [2.45, 2.75) is 0 Å². The van der Waals surface area contributed by atoms with Crippen molar-refractivity contribution >= 4 is 51.4 Å². The van der Waals surface area contributed by atoms with E-state index in [1.807, 2.05) is 0 Å². The van der Waals surface area contributed by atoms with Gasteiger partial charge in [-0.3, -0.25) is 0 Å². The molecule has 0 atom stereocenters. The molecule has 1 radical (unpaired) electrons. The third-order valence-electron chi connectivity index (χ3n) is 0. The second-order valence-corrected chi connectivity index (χ2v) is 0. The van der Waals surface area contributed by atoms with Gasteiger partial charge in [0.2, 0.25) is 0 Å². The first-order valence-electron chi connectivity index (χ1n) is 0. The molecule has 0 unspecified atom stereocenters. The van der Waals surface area contributed by atoms with E-state index < -0.39 is 0 Å². The van der Waals surface area contributed by atoms with E-state index in [0.717, 1.165) is 0 Å². The summed E-state index contributed by atoms with van der Waals surface area (Å²) >= 11 is 0. The van der Waals surface area contributed by atoms with Gasteiger partial charge in [-0.1, -0.05) is 0 Å². The maximum Gasteiger partial charge on any atom is 0.316 e. The summed E-state index contributed by atoms with van der Waals surface area (Å²) in [6, 6.07) is 0. The predicted molar refractivity (Wildman–Crippen MR) is 29.8 cm³/mol. The maximum absolute atomic E-state index is 0. The van der Waals surface area contributed by atoms with Crippen molar-refractivity contribution in [1.82, 2.24) is 0 Å². The standard InChI is InChI=1S/Al.Cu.Fe.Mg.H4Si.Zr.5H/h;;;;1H4;;;;;;. The summed E-state index contributed by atoms with van der Waals surface area (Å²) in [6.07, 6.45) is 0. The smallest absolute Gasteiger partial charge is 0.0149 e. The van der Waals surface area contributed by atoms with Crippen LogP contribution >= 0.6 is 0 Å². The van der Waals surface area contributed by atoms with Gasteiger partial charge in [-0.2, -0.15) is 0 Å². The van der Waals surface area contributed by atoms with E-state index in [1.165, 1.54) is 0 Å². The molecule has 0 heterocycles. The Hall–Kier alpha value is 3.44. The van der Waals surface area contributed by atoms with Gasteiger partial charge in [0.15, 0.2) is 17.4 Å². The molecule has 0 fully saturated rings. The van der Waals surface area contributed by atoms with Crippen LogP contribution in [-0.2, 0) is 60.3 Å². The Bertz CT molecular complexity index is 15.5. The normalized spacial score (nSPS) is 0. The van der Waals surface area contributed by atoms with E-state index in [0.29, 0.717) is 0 Å². The van der Waals surface area contributed by atoms with Crippen molar-refractivity contribution in [3.05, 3.63) is 0 Å². The zero-order chi connectivity index (χ0) is 0. The zero-order valence-electron chi connectivity index (χ0n) is 1.16. The quantitative estimate of drug-likeness (QED) is 0.406. The van der Waals surface area contributed by atoms with E-state index in [4.69, 9.17) is 0 Å². The van der Waals surface area contributed by atoms with Crippen LogP contribution in [0.3, 0.4) is 0 Å². The third kappa shape index (κ3) is 26.1. The summed E-state index contributed by atoms with van der Waals surface area (Å²) in [5.74, 6) is 0. The average molecular weight is 299 g/mol. The Morgan fingerprint density at radius 1 is 1.00 bits per heavy atom. The van der Waals surface area contributed by atoms with Gasteiger partial charge in [-0.05, 0) is 11.0 Å². The third-order valence-corrected chi connectivity index (χ3v) is 0. The molecular weight excluding hydrogens is 290 g/mol. The largest absolute Gasteiger partial charge is 0.316 e. The van der Waals surface area contributed by atoms with E-state index in [1.54, 1.807) is 0 Å². The molecule has 0 rings (SSSR count). The molecule has 0 saturated heterocycles. The molecule has 0 N–H and O–H groups in total. The molecule has 0 aliphatic carbocycles. The second kappa shape index (κ2) is 39.5. The van der Waals surface area contributed by atoms with Gasteiger partial charge in [-0.25, -0.2) is 0 Å². The fraction of sp³-hybridized carbons (Fsp3) is 0. The summed E-state index contributed by atoms with van der Waals surface area (Å²) in [5.41, 5.74) is 0. The van der Waals surface area contributed by atoms with Gasteiger partial charge in [0, 0.05) is 60.3 Å². The molecule has 6 heteroatoms. The summed E-state index contributed by atoms with van der Waals surface area (Å²) in [4.78, 5) is 0. The Morgan fingerprint density at radius 2 is 1.00 bits per heavy atom. The maximum atomic E-state index is 0. The van der Waals surface area contributed by atoms with Crippen LogP contribution in [0.5, 0.6) is 0 Å². The van der Waals surface area contributed by atoms with Crippen LogP contribution in [0, 0.1) is 0 Å². The Morgan fingerprint density at radius 3 is 1.00 bits per heavy atom. The van der Waals surface area contributed by atoms with Crippen LogP contribution in [0.2, 0.25) is 0 Å². The summed E-state index contributed by atoms with van der Waals surface area (Å²) in [5, 5.41) is 0. The molecule has 0 bridgehead atoms. The van der Waals surface area contributed by atoms with Crippen LogP contribution in [0.4, 0.5) is 0 Å². The molecule has 0 nitrogen and oxygen atoms in total. The second-order valence-electron chi connectivity index (χ2n) is 0. The van der Waals surface area contributed by atoms with Crippen molar-refractivity contribution in [3.63, 3.8) is 0 Å². The van der Waals surface area contributed by atoms with Crippen LogP contribution < -0.4 is 0 Å². The molecule has 0 aromatic rings. The van der Waals surface area contributed by atoms with Crippen LogP contribution in [0.1, 0.15) is 0 Å². The number of rotatable bonds is 0. The predicted octanol–water partition coefficient (Wildman–Crippen LogP) is -3.56. The van der Waals surface area contributed by atoms with E-state index in [9.17, 15) is 0 Å². The first-order valence-corrected chi connectivity index (χ1v) is 0. The van der Waals surface area contributed by atoms with E-state index in [-0.39, 0.29) is 112 Å². The van der Waals surface area contributed by atoms with Crippen molar-refractivity contribution in [2.24, 2.45) is 0 Å². The fourth-order valence-electron chi connectivity index (χ4n) is 0. The van der Waals surface area contributed by atoms with Crippen molar-refractivity contribution in [2.75, 3.05) is 0 Å². The minimum Gasteiger partial charge on any atom is -0.0149 e. The monoisotopic (exact) mass is 297 g/mol. The minimum atomic E-state index is 0. The minimum absolute atomic E-state index is 0. The fourth-order valence-corrected chi connectivity index (χ4v) is 0. The van der Waals surface area contributed by atoms with Crippen LogP contribution in [0.15, 0.2) is 0 Å². The SMILES string of the molecule is [AlH3].[Cu].[Fe].[MgH2].[SiH4].[Zr].